The fourth-order valence-corrected chi connectivity index (χ4v) is 5.25. The molecule has 1 fully saturated rings. The first-order valence-corrected chi connectivity index (χ1v) is 10.3. The van der Waals surface area contributed by atoms with Crippen molar-refractivity contribution in [2.24, 2.45) is 0 Å². The number of nitrogens with zero attached hydrogens (tertiary/aromatic N) is 2. The van der Waals surface area contributed by atoms with E-state index in [1.165, 1.54) is 5.56 Å². The molecular formula is C23H19N3O3S. The fourth-order valence-electron chi connectivity index (χ4n) is 4.86. The highest BCUT2D eigenvalue weighted by atomic mass is 32.1. The smallest absolute Gasteiger partial charge is 0.252 e. The number of nitrogens with one attached hydrogen (secondary N) is 1. The van der Waals surface area contributed by atoms with Gasteiger partial charge in [-0.05, 0) is 41.5 Å². The third-order valence-electron chi connectivity index (χ3n) is 6.16. The van der Waals surface area contributed by atoms with Crippen molar-refractivity contribution < 1.29 is 14.3 Å². The van der Waals surface area contributed by atoms with Crippen LogP contribution < -0.4 is 9.47 Å². The maximum absolute atomic E-state index is 13.3. The molecule has 150 valence electrons. The second kappa shape index (κ2) is 6.34. The predicted molar refractivity (Wildman–Crippen MR) is 117 cm³/mol. The maximum atomic E-state index is 13.3. The first-order chi connectivity index (χ1) is 14.7. The van der Waals surface area contributed by atoms with Crippen LogP contribution in [0.5, 0.6) is 11.5 Å². The standard InChI is InChI=1S/C23H19N3O3S/c1-2-9-25-22(27)17-11-15-14-5-3-4-6-16(14)24-20(15)21(26(17)23(25)30)13-7-8-18-19(10-13)29-12-28-18/h2-8,10,17,21,24H,1,9,11-12H2/t17-,21+/m0/s1. The SMILES string of the molecule is C=CCN1C(=O)[C@@H]2Cc3c([nH]c4ccccc34)[C@@H](c3ccc4c(c3)OCO4)N2C1=S. The maximum Gasteiger partial charge on any atom is 0.252 e. The van der Waals surface area contributed by atoms with Crippen LogP contribution in [0.1, 0.15) is 22.9 Å². The van der Waals surface area contributed by atoms with Gasteiger partial charge in [-0.2, -0.15) is 0 Å². The summed E-state index contributed by atoms with van der Waals surface area (Å²) in [5.41, 5.74) is 4.32. The summed E-state index contributed by atoms with van der Waals surface area (Å²) in [7, 11) is 0. The Morgan fingerprint density at radius 3 is 2.90 bits per heavy atom. The molecule has 1 N–H and O–H groups in total. The van der Waals surface area contributed by atoms with E-state index >= 15 is 0 Å². The molecule has 0 bridgehead atoms. The lowest BCUT2D eigenvalue weighted by atomic mass is 9.89. The van der Waals surface area contributed by atoms with Crippen molar-refractivity contribution in [2.75, 3.05) is 13.3 Å². The number of aromatic amines is 1. The van der Waals surface area contributed by atoms with E-state index in [9.17, 15) is 4.79 Å². The normalized spacial score (nSPS) is 21.9. The van der Waals surface area contributed by atoms with Crippen molar-refractivity contribution in [3.63, 3.8) is 0 Å². The largest absolute Gasteiger partial charge is 0.454 e. The number of carbonyl (C=O) groups is 1. The van der Waals surface area contributed by atoms with Crippen molar-refractivity contribution in [3.8, 4) is 11.5 Å². The molecule has 3 aromatic rings. The van der Waals surface area contributed by atoms with Crippen LogP contribution in [0, 0.1) is 0 Å². The molecule has 0 radical (unpaired) electrons. The van der Waals surface area contributed by atoms with Gasteiger partial charge in [0.15, 0.2) is 16.6 Å². The molecule has 1 amide bonds. The summed E-state index contributed by atoms with van der Waals surface area (Å²) in [5, 5.41) is 1.69. The van der Waals surface area contributed by atoms with Crippen LogP contribution in [-0.2, 0) is 11.2 Å². The van der Waals surface area contributed by atoms with E-state index in [1.807, 2.05) is 30.3 Å². The number of carbonyl (C=O) groups excluding carboxylic acids is 1. The number of H-pyrrole nitrogens is 1. The quantitative estimate of drug-likeness (QED) is 0.522. The number of benzene rings is 2. The second-order valence-electron chi connectivity index (χ2n) is 7.73. The molecule has 30 heavy (non-hydrogen) atoms. The third-order valence-corrected chi connectivity index (χ3v) is 6.59. The van der Waals surface area contributed by atoms with Gasteiger partial charge in [0, 0.05) is 29.6 Å². The van der Waals surface area contributed by atoms with Crippen LogP contribution >= 0.6 is 12.2 Å². The number of rotatable bonds is 3. The first-order valence-electron chi connectivity index (χ1n) is 9.91. The van der Waals surface area contributed by atoms with Crippen molar-refractivity contribution >= 4 is 34.1 Å². The molecule has 0 spiro atoms. The van der Waals surface area contributed by atoms with Crippen molar-refractivity contribution in [1.82, 2.24) is 14.8 Å². The summed E-state index contributed by atoms with van der Waals surface area (Å²) in [6.07, 6.45) is 2.33. The van der Waals surface area contributed by atoms with Crippen LogP contribution in [0.2, 0.25) is 0 Å². The lowest BCUT2D eigenvalue weighted by Crippen LogP contribution is -2.44. The highest BCUT2D eigenvalue weighted by molar-refractivity contribution is 7.80. The zero-order valence-corrected chi connectivity index (χ0v) is 16.9. The average molecular weight is 417 g/mol. The van der Waals surface area contributed by atoms with Crippen molar-refractivity contribution in [3.05, 3.63) is 71.9 Å². The molecule has 0 aliphatic carbocycles. The number of aromatic nitrogens is 1. The molecule has 7 heteroatoms. The highest BCUT2D eigenvalue weighted by Crippen LogP contribution is 2.46. The van der Waals surface area contributed by atoms with Crippen molar-refractivity contribution in [1.29, 1.82) is 0 Å². The van der Waals surface area contributed by atoms with Crippen LogP contribution in [0.4, 0.5) is 0 Å². The number of hydrogen-bond donors (Lipinski definition) is 1. The number of thiocarbonyl (C=S) groups is 1. The molecule has 4 heterocycles. The summed E-state index contributed by atoms with van der Waals surface area (Å²) in [6, 6.07) is 13.6. The van der Waals surface area contributed by atoms with E-state index in [-0.39, 0.29) is 24.8 Å². The van der Waals surface area contributed by atoms with Gasteiger partial charge in [-0.25, -0.2) is 0 Å². The summed E-state index contributed by atoms with van der Waals surface area (Å²) >= 11 is 5.78. The highest BCUT2D eigenvalue weighted by Gasteiger charge is 2.50. The third kappa shape index (κ3) is 2.29. The lowest BCUT2D eigenvalue weighted by molar-refractivity contribution is -0.128. The van der Waals surface area contributed by atoms with Gasteiger partial charge in [0.05, 0.1) is 6.04 Å². The van der Waals surface area contributed by atoms with Gasteiger partial charge in [0.25, 0.3) is 5.91 Å². The van der Waals surface area contributed by atoms with Gasteiger partial charge in [-0.3, -0.25) is 9.69 Å². The fraction of sp³-hybridized carbons (Fsp3) is 0.217. The molecule has 3 aliphatic heterocycles. The van der Waals surface area contributed by atoms with Gasteiger partial charge in [-0.15, -0.1) is 6.58 Å². The van der Waals surface area contributed by atoms with Gasteiger partial charge >= 0.3 is 0 Å². The van der Waals surface area contributed by atoms with Gasteiger partial charge in [-0.1, -0.05) is 30.3 Å². The topological polar surface area (TPSA) is 57.8 Å². The van der Waals surface area contributed by atoms with Crippen LogP contribution in [0.25, 0.3) is 10.9 Å². The zero-order valence-electron chi connectivity index (χ0n) is 16.1. The summed E-state index contributed by atoms with van der Waals surface area (Å²) < 4.78 is 11.1. The van der Waals surface area contributed by atoms with E-state index in [0.717, 1.165) is 27.9 Å². The number of para-hydroxylation sites is 1. The zero-order chi connectivity index (χ0) is 20.4. The van der Waals surface area contributed by atoms with E-state index in [1.54, 1.807) is 11.0 Å². The molecule has 0 saturated carbocycles. The number of hydrogen-bond acceptors (Lipinski definition) is 4. The molecule has 1 saturated heterocycles. The minimum absolute atomic E-state index is 0.0292. The summed E-state index contributed by atoms with van der Waals surface area (Å²) in [4.78, 5) is 20.6. The number of amides is 1. The molecule has 2 aromatic carbocycles. The minimum atomic E-state index is -0.334. The van der Waals surface area contributed by atoms with Crippen molar-refractivity contribution in [2.45, 2.75) is 18.5 Å². The average Bonchev–Trinajstić information content (AvgIpc) is 3.44. The van der Waals surface area contributed by atoms with Crippen LogP contribution in [0.3, 0.4) is 0 Å². The second-order valence-corrected chi connectivity index (χ2v) is 8.09. The molecule has 3 aliphatic rings. The Morgan fingerprint density at radius 2 is 2.03 bits per heavy atom. The predicted octanol–water partition coefficient (Wildman–Crippen LogP) is 3.53. The lowest BCUT2D eigenvalue weighted by Gasteiger charge is -2.37. The Bertz CT molecular complexity index is 1230. The summed E-state index contributed by atoms with van der Waals surface area (Å²) in [5.74, 6) is 1.48. The Kier molecular flexibility index (Phi) is 3.70. The summed E-state index contributed by atoms with van der Waals surface area (Å²) in [6.45, 7) is 4.42. The van der Waals surface area contributed by atoms with E-state index < -0.39 is 0 Å². The first kappa shape index (κ1) is 17.5. The van der Waals surface area contributed by atoms with Gasteiger partial charge in [0.2, 0.25) is 6.79 Å². The van der Waals surface area contributed by atoms with Crippen LogP contribution in [0.15, 0.2) is 55.1 Å². The molecule has 0 unspecified atom stereocenters. The Morgan fingerprint density at radius 1 is 1.20 bits per heavy atom. The number of ether oxygens (including phenoxy) is 2. The Balaban J connectivity index is 1.57. The Hall–Kier alpha value is -3.32. The van der Waals surface area contributed by atoms with E-state index in [2.05, 4.69) is 28.6 Å². The Labute approximate surface area is 178 Å². The van der Waals surface area contributed by atoms with Gasteiger partial charge < -0.3 is 19.4 Å². The molecular weight excluding hydrogens is 398 g/mol. The molecule has 6 rings (SSSR count). The molecule has 2 atom stereocenters. The number of fused-ring (bicyclic) bond motifs is 5. The van der Waals surface area contributed by atoms with Gasteiger partial charge in [0.1, 0.15) is 6.04 Å². The minimum Gasteiger partial charge on any atom is -0.454 e. The molecule has 6 nitrogen and oxygen atoms in total. The van der Waals surface area contributed by atoms with E-state index in [0.29, 0.717) is 23.8 Å². The van der Waals surface area contributed by atoms with Crippen LogP contribution in [-0.4, -0.2) is 45.2 Å². The molecule has 1 aromatic heterocycles. The van der Waals surface area contributed by atoms with E-state index in [4.69, 9.17) is 21.7 Å². The monoisotopic (exact) mass is 417 g/mol.